The second-order valence-electron chi connectivity index (χ2n) is 3.47. The molecule has 2 aromatic rings. The summed E-state index contributed by atoms with van der Waals surface area (Å²) >= 11 is 0. The maximum absolute atomic E-state index is 5.42. The van der Waals surface area contributed by atoms with Crippen molar-refractivity contribution in [3.05, 3.63) is 18.5 Å². The molecule has 0 bridgehead atoms. The summed E-state index contributed by atoms with van der Waals surface area (Å²) in [5, 5.41) is 8.44. The molecule has 0 aliphatic carbocycles. The molecule has 0 unspecified atom stereocenters. The van der Waals surface area contributed by atoms with Crippen LogP contribution in [-0.4, -0.2) is 27.9 Å². The minimum atomic E-state index is 0.695. The lowest BCUT2D eigenvalue weighted by molar-refractivity contribution is 0.796. The van der Waals surface area contributed by atoms with Crippen LogP contribution in [0.2, 0.25) is 0 Å². The number of hydrogen-bond donors (Lipinski definition) is 2. The highest BCUT2D eigenvalue weighted by Crippen LogP contribution is 2.14. The molecular weight excluding hydrogens is 190 g/mol. The molecule has 5 nitrogen and oxygen atoms in total. The number of nitrogens with one attached hydrogen (secondary N) is 1. The van der Waals surface area contributed by atoms with Crippen LogP contribution in [0.25, 0.3) is 10.9 Å². The van der Waals surface area contributed by atoms with E-state index in [9.17, 15) is 0 Å². The molecule has 80 valence electrons. The number of pyridine rings is 1. The van der Waals surface area contributed by atoms with Gasteiger partial charge in [-0.3, -0.25) is 4.68 Å². The Kier molecular flexibility index (Phi) is 2.82. The highest BCUT2D eigenvalue weighted by atomic mass is 15.2. The molecule has 0 saturated carbocycles. The van der Waals surface area contributed by atoms with Crippen LogP contribution >= 0.6 is 0 Å². The Balaban J connectivity index is 2.18. The van der Waals surface area contributed by atoms with Crippen molar-refractivity contribution in [2.24, 2.45) is 12.8 Å². The molecule has 15 heavy (non-hydrogen) atoms. The maximum atomic E-state index is 5.42. The molecule has 0 spiro atoms. The second-order valence-corrected chi connectivity index (χ2v) is 3.47. The van der Waals surface area contributed by atoms with Gasteiger partial charge in [0, 0.05) is 31.2 Å². The van der Waals surface area contributed by atoms with Crippen molar-refractivity contribution in [3.63, 3.8) is 0 Å². The van der Waals surface area contributed by atoms with E-state index in [2.05, 4.69) is 15.4 Å². The number of anilines is 1. The fourth-order valence-electron chi connectivity index (χ4n) is 1.46. The van der Waals surface area contributed by atoms with Crippen molar-refractivity contribution < 1.29 is 0 Å². The van der Waals surface area contributed by atoms with Gasteiger partial charge >= 0.3 is 0 Å². The molecule has 0 saturated heterocycles. The van der Waals surface area contributed by atoms with E-state index in [0.717, 1.165) is 29.7 Å². The zero-order valence-corrected chi connectivity index (χ0v) is 8.77. The van der Waals surface area contributed by atoms with Crippen molar-refractivity contribution in [1.29, 1.82) is 0 Å². The monoisotopic (exact) mass is 205 g/mol. The molecule has 0 amide bonds. The number of rotatable bonds is 4. The van der Waals surface area contributed by atoms with Gasteiger partial charge in [-0.2, -0.15) is 5.10 Å². The van der Waals surface area contributed by atoms with Gasteiger partial charge in [-0.05, 0) is 13.0 Å². The van der Waals surface area contributed by atoms with Gasteiger partial charge in [0.25, 0.3) is 0 Å². The van der Waals surface area contributed by atoms with Crippen LogP contribution in [0.1, 0.15) is 6.42 Å². The summed E-state index contributed by atoms with van der Waals surface area (Å²) in [6, 6.07) is 2.00. The summed E-state index contributed by atoms with van der Waals surface area (Å²) in [5.74, 6) is 0.875. The smallest absolute Gasteiger partial charge is 0.128 e. The zero-order valence-electron chi connectivity index (χ0n) is 8.77. The molecule has 0 aliphatic rings. The van der Waals surface area contributed by atoms with Gasteiger partial charge in [0.2, 0.25) is 0 Å². The Hall–Kier alpha value is -1.62. The van der Waals surface area contributed by atoms with E-state index in [1.54, 1.807) is 0 Å². The Morgan fingerprint density at radius 3 is 3.13 bits per heavy atom. The van der Waals surface area contributed by atoms with Gasteiger partial charge in [-0.1, -0.05) is 0 Å². The number of aromatic nitrogens is 3. The fourth-order valence-corrected chi connectivity index (χ4v) is 1.46. The third-order valence-corrected chi connectivity index (χ3v) is 2.32. The summed E-state index contributed by atoms with van der Waals surface area (Å²) < 4.78 is 1.84. The Morgan fingerprint density at radius 1 is 1.47 bits per heavy atom. The lowest BCUT2D eigenvalue weighted by atomic mass is 10.3. The predicted molar refractivity (Wildman–Crippen MR) is 60.7 cm³/mol. The van der Waals surface area contributed by atoms with Crippen LogP contribution in [0, 0.1) is 0 Å². The van der Waals surface area contributed by atoms with Crippen LogP contribution in [-0.2, 0) is 7.05 Å². The summed E-state index contributed by atoms with van der Waals surface area (Å²) in [5.41, 5.74) is 6.50. The van der Waals surface area contributed by atoms with Crippen LogP contribution in [0.4, 0.5) is 5.82 Å². The predicted octanol–water partition coefficient (Wildman–Crippen LogP) is 0.729. The van der Waals surface area contributed by atoms with Crippen LogP contribution < -0.4 is 11.1 Å². The first-order chi connectivity index (χ1) is 7.31. The van der Waals surface area contributed by atoms with Gasteiger partial charge in [-0.15, -0.1) is 0 Å². The van der Waals surface area contributed by atoms with E-state index < -0.39 is 0 Å². The molecule has 3 N–H and O–H groups in total. The highest BCUT2D eigenvalue weighted by molar-refractivity contribution is 5.79. The highest BCUT2D eigenvalue weighted by Gasteiger charge is 2.01. The van der Waals surface area contributed by atoms with E-state index in [0.29, 0.717) is 6.54 Å². The molecule has 0 atom stereocenters. The van der Waals surface area contributed by atoms with E-state index in [-0.39, 0.29) is 0 Å². The maximum Gasteiger partial charge on any atom is 0.128 e. The Bertz CT molecular complexity index is 448. The topological polar surface area (TPSA) is 68.8 Å². The SMILES string of the molecule is Cn1ncc2cnc(NCCCN)cc21. The van der Waals surface area contributed by atoms with Gasteiger partial charge in [-0.25, -0.2) is 4.98 Å². The summed E-state index contributed by atoms with van der Waals surface area (Å²) in [4.78, 5) is 4.29. The largest absolute Gasteiger partial charge is 0.370 e. The first kappa shape index (κ1) is 9.92. The molecule has 0 aromatic carbocycles. The fraction of sp³-hybridized carbons (Fsp3) is 0.400. The standard InChI is InChI=1S/C10H15N5/c1-15-9-5-10(12-4-2-3-11)13-6-8(9)7-14-15/h5-7H,2-4,11H2,1H3,(H,12,13). The number of nitrogens with zero attached hydrogens (tertiary/aromatic N) is 3. The molecule has 2 aromatic heterocycles. The lowest BCUT2D eigenvalue weighted by Gasteiger charge is -2.04. The summed E-state index contributed by atoms with van der Waals surface area (Å²) in [6.45, 7) is 1.55. The summed E-state index contributed by atoms with van der Waals surface area (Å²) in [7, 11) is 1.92. The first-order valence-electron chi connectivity index (χ1n) is 5.03. The molecule has 2 heterocycles. The number of nitrogens with two attached hydrogens (primary N) is 1. The molecule has 2 rings (SSSR count). The third kappa shape index (κ3) is 2.07. The van der Waals surface area contributed by atoms with E-state index in [1.807, 2.05) is 30.2 Å². The van der Waals surface area contributed by atoms with E-state index >= 15 is 0 Å². The summed E-state index contributed by atoms with van der Waals surface area (Å²) in [6.07, 6.45) is 4.59. The Labute approximate surface area is 88.3 Å². The van der Waals surface area contributed by atoms with Crippen molar-refractivity contribution in [3.8, 4) is 0 Å². The third-order valence-electron chi connectivity index (χ3n) is 2.32. The van der Waals surface area contributed by atoms with Crippen molar-refractivity contribution in [1.82, 2.24) is 14.8 Å². The van der Waals surface area contributed by atoms with Crippen molar-refractivity contribution in [2.75, 3.05) is 18.4 Å². The first-order valence-corrected chi connectivity index (χ1v) is 5.03. The minimum absolute atomic E-state index is 0.695. The number of fused-ring (bicyclic) bond motifs is 1. The quantitative estimate of drug-likeness (QED) is 0.722. The van der Waals surface area contributed by atoms with Crippen molar-refractivity contribution in [2.45, 2.75) is 6.42 Å². The van der Waals surface area contributed by atoms with Gasteiger partial charge < -0.3 is 11.1 Å². The van der Waals surface area contributed by atoms with Crippen LogP contribution in [0.3, 0.4) is 0 Å². The number of aryl methyl sites for hydroxylation is 1. The molecular formula is C10H15N5. The zero-order chi connectivity index (χ0) is 10.7. The van der Waals surface area contributed by atoms with Gasteiger partial charge in [0.15, 0.2) is 0 Å². The van der Waals surface area contributed by atoms with E-state index in [4.69, 9.17) is 5.73 Å². The Morgan fingerprint density at radius 2 is 2.33 bits per heavy atom. The van der Waals surface area contributed by atoms with Crippen molar-refractivity contribution >= 4 is 16.7 Å². The molecule has 0 aliphatic heterocycles. The lowest BCUT2D eigenvalue weighted by Crippen LogP contribution is -2.09. The average molecular weight is 205 g/mol. The van der Waals surface area contributed by atoms with E-state index in [1.165, 1.54) is 0 Å². The van der Waals surface area contributed by atoms with Crippen LogP contribution in [0.15, 0.2) is 18.5 Å². The van der Waals surface area contributed by atoms with Gasteiger partial charge in [0.1, 0.15) is 5.82 Å². The second kappa shape index (κ2) is 4.27. The molecule has 0 fully saturated rings. The van der Waals surface area contributed by atoms with Gasteiger partial charge in [0.05, 0.1) is 11.7 Å². The molecule has 0 radical (unpaired) electrons. The minimum Gasteiger partial charge on any atom is -0.370 e. The van der Waals surface area contributed by atoms with Crippen LogP contribution in [0.5, 0.6) is 0 Å². The molecule has 5 heteroatoms. The normalized spacial score (nSPS) is 10.8. The average Bonchev–Trinajstić information content (AvgIpc) is 2.61. The number of hydrogen-bond acceptors (Lipinski definition) is 4.